The van der Waals surface area contributed by atoms with Crippen LogP contribution in [0.5, 0.6) is 0 Å². The Balaban J connectivity index is 3.92. The molecule has 0 fully saturated rings. The first-order valence-corrected chi connectivity index (χ1v) is 7.12. The number of aliphatic hydroxyl groups is 1. The van der Waals surface area contributed by atoms with Crippen LogP contribution in [0.25, 0.3) is 0 Å². The highest BCUT2D eigenvalue weighted by Gasteiger charge is 2.13. The van der Waals surface area contributed by atoms with Crippen LogP contribution in [0, 0.1) is 0 Å². The summed E-state index contributed by atoms with van der Waals surface area (Å²) >= 11 is 0. The monoisotopic (exact) mass is 293 g/mol. The Morgan fingerprint density at radius 2 is 1.65 bits per heavy atom. The summed E-state index contributed by atoms with van der Waals surface area (Å²) in [5.74, 6) is 0. The molecule has 20 heavy (non-hydrogen) atoms. The van der Waals surface area contributed by atoms with Crippen molar-refractivity contribution in [2.45, 2.75) is 25.6 Å². The molecule has 0 amide bonds. The lowest BCUT2D eigenvalue weighted by Crippen LogP contribution is -2.38. The van der Waals surface area contributed by atoms with E-state index in [1.807, 2.05) is 6.92 Å². The fourth-order valence-corrected chi connectivity index (χ4v) is 1.86. The Hall–Kier alpha value is -0.240. The molecule has 0 saturated carbocycles. The van der Waals surface area contributed by atoms with Gasteiger partial charge in [-0.2, -0.15) is 0 Å². The third kappa shape index (κ3) is 11.6. The molecule has 0 aliphatic carbocycles. The lowest BCUT2D eigenvalue weighted by molar-refractivity contribution is -0.0412. The molecule has 0 saturated heterocycles. The molecule has 0 aromatic rings. The molecule has 0 rings (SSSR count). The van der Waals surface area contributed by atoms with Crippen molar-refractivity contribution in [3.63, 3.8) is 0 Å². The lowest BCUT2D eigenvalue weighted by Gasteiger charge is -2.25. The molecule has 6 nitrogen and oxygen atoms in total. The molecule has 6 heteroatoms. The van der Waals surface area contributed by atoms with E-state index >= 15 is 0 Å². The van der Waals surface area contributed by atoms with Crippen LogP contribution in [0.3, 0.4) is 0 Å². The van der Waals surface area contributed by atoms with Crippen LogP contribution >= 0.6 is 0 Å². The van der Waals surface area contributed by atoms with Gasteiger partial charge in [-0.05, 0) is 13.3 Å². The number of hydrogen-bond acceptors (Lipinski definition) is 6. The third-order valence-corrected chi connectivity index (χ3v) is 2.88. The van der Waals surface area contributed by atoms with Crippen LogP contribution in [0.1, 0.15) is 13.3 Å². The van der Waals surface area contributed by atoms with Crippen LogP contribution in [0.2, 0.25) is 0 Å². The van der Waals surface area contributed by atoms with Gasteiger partial charge >= 0.3 is 0 Å². The van der Waals surface area contributed by atoms with Crippen LogP contribution < -0.4 is 0 Å². The van der Waals surface area contributed by atoms with Gasteiger partial charge in [0.1, 0.15) is 0 Å². The second-order valence-electron chi connectivity index (χ2n) is 4.89. The molecule has 0 bridgehead atoms. The van der Waals surface area contributed by atoms with E-state index in [-0.39, 0.29) is 6.10 Å². The molecular formula is C14H31NO5. The average Bonchev–Trinajstić information content (AvgIpc) is 2.43. The maximum Gasteiger partial charge on any atom is 0.0900 e. The van der Waals surface area contributed by atoms with Gasteiger partial charge in [-0.25, -0.2) is 0 Å². The summed E-state index contributed by atoms with van der Waals surface area (Å²) in [6, 6.07) is 0. The minimum absolute atomic E-state index is 0.00411. The van der Waals surface area contributed by atoms with Crippen molar-refractivity contribution < 1.29 is 24.1 Å². The van der Waals surface area contributed by atoms with Crippen molar-refractivity contribution >= 4 is 0 Å². The van der Waals surface area contributed by atoms with Crippen LogP contribution in [0.4, 0.5) is 0 Å². The Bertz CT molecular complexity index is 206. The number of ether oxygens (including phenoxy) is 4. The maximum absolute atomic E-state index is 10.0. The third-order valence-electron chi connectivity index (χ3n) is 2.88. The predicted octanol–water partition coefficient (Wildman–Crippen LogP) is 0.384. The van der Waals surface area contributed by atoms with Gasteiger partial charge in [0, 0.05) is 47.6 Å². The summed E-state index contributed by atoms with van der Waals surface area (Å²) in [5, 5.41) is 10.0. The van der Waals surface area contributed by atoms with Gasteiger partial charge in [-0.1, -0.05) is 0 Å². The van der Waals surface area contributed by atoms with Gasteiger partial charge in [-0.15, -0.1) is 0 Å². The summed E-state index contributed by atoms with van der Waals surface area (Å²) in [6.07, 6.45) is 0.428. The maximum atomic E-state index is 10.0. The molecule has 0 spiro atoms. The lowest BCUT2D eigenvalue weighted by atomic mass is 10.3. The van der Waals surface area contributed by atoms with E-state index in [4.69, 9.17) is 18.9 Å². The summed E-state index contributed by atoms with van der Waals surface area (Å²) < 4.78 is 20.6. The topological polar surface area (TPSA) is 60.4 Å². The van der Waals surface area contributed by atoms with E-state index in [2.05, 4.69) is 4.90 Å². The van der Waals surface area contributed by atoms with Gasteiger partial charge in [-0.3, -0.25) is 4.90 Å². The largest absolute Gasteiger partial charge is 0.389 e. The molecule has 2 unspecified atom stereocenters. The first-order valence-electron chi connectivity index (χ1n) is 7.12. The molecule has 0 aromatic heterocycles. The molecule has 0 aliphatic rings. The molecule has 122 valence electrons. The van der Waals surface area contributed by atoms with E-state index in [0.29, 0.717) is 26.4 Å². The molecule has 2 atom stereocenters. The standard InChI is InChI=1S/C14H31NO5/c1-13(11-19-4)20-12-14(16)10-15(7-9-18-3)6-5-8-17-2/h13-14,16H,5-12H2,1-4H3. The van der Waals surface area contributed by atoms with Crippen molar-refractivity contribution in [3.8, 4) is 0 Å². The van der Waals surface area contributed by atoms with Gasteiger partial charge < -0.3 is 24.1 Å². The van der Waals surface area contributed by atoms with E-state index in [1.165, 1.54) is 0 Å². The summed E-state index contributed by atoms with van der Waals surface area (Å²) in [5.41, 5.74) is 0. The average molecular weight is 293 g/mol. The van der Waals surface area contributed by atoms with Crippen molar-refractivity contribution in [1.82, 2.24) is 4.90 Å². The van der Waals surface area contributed by atoms with Crippen LogP contribution in [-0.2, 0) is 18.9 Å². The van der Waals surface area contributed by atoms with Crippen LogP contribution in [-0.4, -0.2) is 89.6 Å². The fourth-order valence-electron chi connectivity index (χ4n) is 1.86. The highest BCUT2D eigenvalue weighted by molar-refractivity contribution is 4.65. The number of aliphatic hydroxyl groups excluding tert-OH is 1. The van der Waals surface area contributed by atoms with E-state index in [1.54, 1.807) is 21.3 Å². The first-order chi connectivity index (χ1) is 9.63. The zero-order valence-electron chi connectivity index (χ0n) is 13.3. The number of methoxy groups -OCH3 is 3. The molecule has 0 radical (unpaired) electrons. The number of nitrogens with zero attached hydrogens (tertiary/aromatic N) is 1. The van der Waals surface area contributed by atoms with Crippen molar-refractivity contribution in [1.29, 1.82) is 0 Å². The van der Waals surface area contributed by atoms with Gasteiger partial charge in [0.05, 0.1) is 32.0 Å². The highest BCUT2D eigenvalue weighted by atomic mass is 16.5. The second kappa shape index (κ2) is 13.7. The molecule has 0 aromatic carbocycles. The molecule has 0 aliphatic heterocycles. The van der Waals surface area contributed by atoms with Gasteiger partial charge in [0.15, 0.2) is 0 Å². The second-order valence-corrected chi connectivity index (χ2v) is 4.89. The van der Waals surface area contributed by atoms with Gasteiger partial charge in [0.25, 0.3) is 0 Å². The number of rotatable bonds is 14. The molecule has 0 heterocycles. The van der Waals surface area contributed by atoms with E-state index < -0.39 is 6.10 Å². The van der Waals surface area contributed by atoms with Gasteiger partial charge in [0.2, 0.25) is 0 Å². The van der Waals surface area contributed by atoms with Crippen molar-refractivity contribution in [2.75, 3.05) is 67.4 Å². The van der Waals surface area contributed by atoms with E-state index in [9.17, 15) is 5.11 Å². The number of hydrogen-bond donors (Lipinski definition) is 1. The smallest absolute Gasteiger partial charge is 0.0900 e. The first kappa shape index (κ1) is 19.8. The Morgan fingerprint density at radius 3 is 2.25 bits per heavy atom. The Labute approximate surface area is 122 Å². The van der Waals surface area contributed by atoms with Crippen molar-refractivity contribution in [2.24, 2.45) is 0 Å². The SMILES string of the molecule is COCCCN(CCOC)CC(O)COC(C)COC. The van der Waals surface area contributed by atoms with Crippen LogP contribution in [0.15, 0.2) is 0 Å². The normalized spacial score (nSPS) is 14.7. The quantitative estimate of drug-likeness (QED) is 0.467. The highest BCUT2D eigenvalue weighted by Crippen LogP contribution is 1.99. The summed E-state index contributed by atoms with van der Waals surface area (Å²) in [7, 11) is 5.01. The Morgan fingerprint density at radius 1 is 0.950 bits per heavy atom. The van der Waals surface area contributed by atoms with E-state index in [0.717, 1.165) is 26.1 Å². The zero-order chi connectivity index (χ0) is 15.2. The zero-order valence-corrected chi connectivity index (χ0v) is 13.3. The summed E-state index contributed by atoms with van der Waals surface area (Å²) in [4.78, 5) is 2.16. The molecule has 1 N–H and O–H groups in total. The predicted molar refractivity (Wildman–Crippen MR) is 78.1 cm³/mol. The minimum atomic E-state index is -0.506. The fraction of sp³-hybridized carbons (Fsp3) is 1.00. The summed E-state index contributed by atoms with van der Waals surface area (Å²) in [6.45, 7) is 6.41. The molecular weight excluding hydrogens is 262 g/mol. The Kier molecular flexibility index (Phi) is 13.6. The van der Waals surface area contributed by atoms with Crippen molar-refractivity contribution in [3.05, 3.63) is 0 Å². The minimum Gasteiger partial charge on any atom is -0.389 e.